The van der Waals surface area contributed by atoms with Gasteiger partial charge in [-0.2, -0.15) is 0 Å². The average Bonchev–Trinajstić information content (AvgIpc) is 2.87. The lowest BCUT2D eigenvalue weighted by Crippen LogP contribution is -2.40. The van der Waals surface area contributed by atoms with Crippen molar-refractivity contribution in [2.45, 2.75) is 51.5 Å². The minimum atomic E-state index is -0.732. The second-order valence-corrected chi connectivity index (χ2v) is 6.24. The van der Waals surface area contributed by atoms with E-state index >= 15 is 0 Å². The first-order valence-electron chi connectivity index (χ1n) is 7.33. The van der Waals surface area contributed by atoms with Gasteiger partial charge in [-0.25, -0.2) is 9.78 Å². The molecular formula is C14H21N3O3S. The molecule has 1 aromatic rings. The van der Waals surface area contributed by atoms with Crippen LogP contribution in [0.15, 0.2) is 5.38 Å². The van der Waals surface area contributed by atoms with Gasteiger partial charge < -0.3 is 10.4 Å². The highest BCUT2D eigenvalue weighted by Crippen LogP contribution is 2.24. The monoisotopic (exact) mass is 311 g/mol. The summed E-state index contributed by atoms with van der Waals surface area (Å²) < 4.78 is 0. The van der Waals surface area contributed by atoms with Crippen molar-refractivity contribution in [1.29, 1.82) is 0 Å². The normalized spacial score (nSPS) is 21.8. The molecule has 6 nitrogen and oxygen atoms in total. The fraction of sp³-hybridized carbons (Fsp3) is 0.643. The van der Waals surface area contributed by atoms with Gasteiger partial charge in [-0.3, -0.25) is 10.1 Å². The Hall–Kier alpha value is -1.63. The number of anilines is 1. The highest BCUT2D eigenvalue weighted by atomic mass is 32.1. The molecule has 1 aromatic heterocycles. The smallest absolute Gasteiger partial charge is 0.321 e. The molecule has 1 heterocycles. The van der Waals surface area contributed by atoms with E-state index in [9.17, 15) is 9.59 Å². The molecule has 1 aliphatic carbocycles. The topological polar surface area (TPSA) is 91.3 Å². The number of amides is 2. The van der Waals surface area contributed by atoms with Crippen LogP contribution in [-0.4, -0.2) is 28.1 Å². The van der Waals surface area contributed by atoms with Crippen LogP contribution in [0, 0.1) is 5.92 Å². The number of nitrogens with one attached hydrogen (secondary N) is 2. The van der Waals surface area contributed by atoms with Crippen LogP contribution in [0.1, 0.15) is 44.7 Å². The van der Waals surface area contributed by atoms with Crippen LogP contribution in [0.5, 0.6) is 0 Å². The first-order chi connectivity index (χ1) is 10.1. The summed E-state index contributed by atoms with van der Waals surface area (Å²) in [5, 5.41) is 17.1. The third-order valence-electron chi connectivity index (χ3n) is 3.69. The van der Waals surface area contributed by atoms with Crippen LogP contribution in [0.3, 0.4) is 0 Å². The fourth-order valence-corrected chi connectivity index (χ4v) is 3.28. The van der Waals surface area contributed by atoms with E-state index in [0.717, 1.165) is 18.5 Å². The molecule has 0 bridgehead atoms. The highest BCUT2D eigenvalue weighted by Gasteiger charge is 2.26. The highest BCUT2D eigenvalue weighted by molar-refractivity contribution is 7.13. The van der Waals surface area contributed by atoms with Crippen molar-refractivity contribution in [3.05, 3.63) is 11.1 Å². The van der Waals surface area contributed by atoms with Crippen molar-refractivity contribution in [2.24, 2.45) is 5.92 Å². The maximum Gasteiger partial charge on any atom is 0.321 e. The Kier molecular flexibility index (Phi) is 5.55. The molecule has 0 unspecified atom stereocenters. The van der Waals surface area contributed by atoms with Crippen LogP contribution in [0.25, 0.3) is 0 Å². The molecule has 21 heavy (non-hydrogen) atoms. The molecule has 116 valence electrons. The van der Waals surface area contributed by atoms with E-state index in [-0.39, 0.29) is 18.0 Å². The van der Waals surface area contributed by atoms with Crippen LogP contribution < -0.4 is 10.6 Å². The zero-order valence-electron chi connectivity index (χ0n) is 12.1. The van der Waals surface area contributed by atoms with E-state index in [0.29, 0.717) is 30.8 Å². The number of carbonyl (C=O) groups excluding carboxylic acids is 1. The number of aryl methyl sites for hydroxylation is 1. The van der Waals surface area contributed by atoms with Crippen molar-refractivity contribution in [1.82, 2.24) is 10.3 Å². The maximum absolute atomic E-state index is 11.9. The van der Waals surface area contributed by atoms with Gasteiger partial charge in [0, 0.05) is 11.4 Å². The van der Waals surface area contributed by atoms with Crippen LogP contribution in [0.2, 0.25) is 0 Å². The molecule has 1 saturated carbocycles. The van der Waals surface area contributed by atoms with E-state index in [1.54, 1.807) is 0 Å². The molecule has 0 radical (unpaired) electrons. The molecule has 1 aliphatic rings. The number of carboxylic acids is 1. The third-order valence-corrected chi connectivity index (χ3v) is 4.50. The minimum Gasteiger partial charge on any atom is -0.481 e. The molecule has 7 heteroatoms. The second kappa shape index (κ2) is 7.40. The third kappa shape index (κ3) is 4.70. The maximum atomic E-state index is 11.9. The number of hydrogen-bond acceptors (Lipinski definition) is 4. The number of aromatic nitrogens is 1. The number of rotatable bonds is 5. The quantitative estimate of drug-likeness (QED) is 0.779. The summed E-state index contributed by atoms with van der Waals surface area (Å²) >= 11 is 1.42. The molecule has 2 rings (SSSR count). The van der Waals surface area contributed by atoms with Gasteiger partial charge in [0.1, 0.15) is 0 Å². The molecule has 0 aliphatic heterocycles. The van der Waals surface area contributed by atoms with E-state index in [1.165, 1.54) is 11.3 Å². The summed E-state index contributed by atoms with van der Waals surface area (Å²) in [4.78, 5) is 27.1. The summed E-state index contributed by atoms with van der Waals surface area (Å²) in [6.07, 6.45) is 4.62. The Morgan fingerprint density at radius 3 is 2.71 bits per heavy atom. The Balaban J connectivity index is 1.75. The zero-order chi connectivity index (χ0) is 15.2. The van der Waals surface area contributed by atoms with Crippen molar-refractivity contribution in [2.75, 3.05) is 5.32 Å². The van der Waals surface area contributed by atoms with Gasteiger partial charge in [0.05, 0.1) is 11.6 Å². The average molecular weight is 311 g/mol. The van der Waals surface area contributed by atoms with Crippen molar-refractivity contribution in [3.63, 3.8) is 0 Å². The number of thiazole rings is 1. The first-order valence-corrected chi connectivity index (χ1v) is 8.21. The summed E-state index contributed by atoms with van der Waals surface area (Å²) in [5.74, 6) is -0.995. The second-order valence-electron chi connectivity index (χ2n) is 5.38. The lowest BCUT2D eigenvalue weighted by molar-refractivity contribution is -0.142. The summed E-state index contributed by atoms with van der Waals surface area (Å²) in [6, 6.07) is -0.207. The van der Waals surface area contributed by atoms with Gasteiger partial charge >= 0.3 is 12.0 Å². The zero-order valence-corrected chi connectivity index (χ0v) is 12.9. The van der Waals surface area contributed by atoms with Crippen molar-refractivity contribution >= 4 is 28.5 Å². The Bertz CT molecular complexity index is 495. The fourth-order valence-electron chi connectivity index (χ4n) is 2.54. The van der Waals surface area contributed by atoms with Gasteiger partial charge in [-0.15, -0.1) is 11.3 Å². The van der Waals surface area contributed by atoms with Gasteiger partial charge in [0.2, 0.25) is 0 Å². The Morgan fingerprint density at radius 2 is 2.10 bits per heavy atom. The van der Waals surface area contributed by atoms with Crippen LogP contribution in [-0.2, 0) is 11.2 Å². The Labute approximate surface area is 128 Å². The number of nitrogens with zero attached hydrogens (tertiary/aromatic N) is 1. The number of urea groups is 1. The number of carboxylic acid groups (broad SMARTS) is 1. The van der Waals surface area contributed by atoms with E-state index < -0.39 is 5.97 Å². The van der Waals surface area contributed by atoms with Crippen LogP contribution in [0.4, 0.5) is 9.93 Å². The SMILES string of the molecule is CCCc1csc(NC(=O)NC2CCC(C(=O)O)CC2)n1. The molecule has 0 saturated heterocycles. The molecule has 3 N–H and O–H groups in total. The van der Waals surface area contributed by atoms with E-state index in [1.807, 2.05) is 5.38 Å². The van der Waals surface area contributed by atoms with E-state index in [4.69, 9.17) is 5.11 Å². The summed E-state index contributed by atoms with van der Waals surface area (Å²) in [7, 11) is 0. The predicted octanol–water partition coefficient (Wildman–Crippen LogP) is 2.86. The van der Waals surface area contributed by atoms with Crippen molar-refractivity contribution < 1.29 is 14.7 Å². The van der Waals surface area contributed by atoms with Gasteiger partial charge in [-0.1, -0.05) is 13.3 Å². The minimum absolute atomic E-state index is 0.0516. The van der Waals surface area contributed by atoms with E-state index in [2.05, 4.69) is 22.5 Å². The molecule has 0 aromatic carbocycles. The largest absolute Gasteiger partial charge is 0.481 e. The van der Waals surface area contributed by atoms with Gasteiger partial charge in [0.15, 0.2) is 5.13 Å². The lowest BCUT2D eigenvalue weighted by Gasteiger charge is -2.26. The summed E-state index contributed by atoms with van der Waals surface area (Å²) in [5.41, 5.74) is 1.000. The molecule has 1 fully saturated rings. The van der Waals surface area contributed by atoms with Gasteiger partial charge in [0.25, 0.3) is 0 Å². The summed E-state index contributed by atoms with van der Waals surface area (Å²) in [6.45, 7) is 2.09. The number of carbonyl (C=O) groups is 2. The molecular weight excluding hydrogens is 290 g/mol. The number of aliphatic carboxylic acids is 1. The number of hydrogen-bond donors (Lipinski definition) is 3. The van der Waals surface area contributed by atoms with Crippen LogP contribution >= 0.6 is 11.3 Å². The lowest BCUT2D eigenvalue weighted by atomic mass is 9.86. The molecule has 0 atom stereocenters. The van der Waals surface area contributed by atoms with Gasteiger partial charge in [-0.05, 0) is 32.1 Å². The first kappa shape index (κ1) is 15.8. The predicted molar refractivity (Wildman–Crippen MR) is 81.6 cm³/mol. The van der Waals surface area contributed by atoms with Crippen molar-refractivity contribution in [3.8, 4) is 0 Å². The molecule has 2 amide bonds. The molecule has 0 spiro atoms. The Morgan fingerprint density at radius 1 is 1.38 bits per heavy atom. The standard InChI is InChI=1S/C14H21N3O3S/c1-2-3-11-8-21-14(16-11)17-13(20)15-10-6-4-9(5-7-10)12(18)19/h8-10H,2-7H2,1H3,(H,18,19)(H2,15,16,17,20).